The monoisotopic (exact) mass is 220 g/mol. The molecule has 0 heterocycles. The van der Waals surface area contributed by atoms with Crippen LogP contribution in [-0.2, 0) is 4.79 Å². The molecule has 13 heavy (non-hydrogen) atoms. The van der Waals surface area contributed by atoms with Crippen LogP contribution in [0, 0.1) is 0 Å². The highest BCUT2D eigenvalue weighted by Gasteiger charge is 2.22. The molecule has 0 spiro atoms. The first-order valence-corrected chi connectivity index (χ1v) is 8.43. The van der Waals surface area contributed by atoms with Gasteiger partial charge in [-0.2, -0.15) is 16.2 Å². The molecule has 0 N–H and O–H groups in total. The van der Waals surface area contributed by atoms with Gasteiger partial charge < -0.3 is 0 Å². The van der Waals surface area contributed by atoms with Crippen molar-refractivity contribution in [3.05, 3.63) is 0 Å². The summed E-state index contributed by atoms with van der Waals surface area (Å²) in [5.74, 6) is -0.0533. The third-order valence-electron chi connectivity index (χ3n) is 1.21. The summed E-state index contributed by atoms with van der Waals surface area (Å²) < 4.78 is 0. The first-order chi connectivity index (χ1) is 5.72. The minimum atomic E-state index is -1.78. The quantitative estimate of drug-likeness (QED) is 0.311. The van der Waals surface area contributed by atoms with Crippen molar-refractivity contribution >= 4 is 30.1 Å². The number of halogens is 1. The van der Waals surface area contributed by atoms with Crippen molar-refractivity contribution in [2.45, 2.75) is 33.9 Å². The second-order valence-corrected chi connectivity index (χ2v) is 10.7. The largest absolute Gasteiger partial charge is 0.273 e. The third kappa shape index (κ3) is 6.78. The summed E-state index contributed by atoms with van der Waals surface area (Å²) >= 11 is 6.13. The van der Waals surface area contributed by atoms with Crippen LogP contribution in [0.3, 0.4) is 0 Å². The number of hydrogen-bond donors (Lipinski definition) is 0. The molecular weight excluding hydrogens is 204 g/mol. The Morgan fingerprint density at radius 3 is 2.08 bits per heavy atom. The Hall–Kier alpha value is -0.353. The summed E-state index contributed by atoms with van der Waals surface area (Å²) in [6.45, 7) is 9.21. The van der Waals surface area contributed by atoms with Gasteiger partial charge in [0.25, 0.3) is 0 Å². The van der Waals surface area contributed by atoms with Gasteiger partial charge in [-0.15, -0.1) is 0 Å². The maximum atomic E-state index is 11.1. The molecule has 0 aliphatic carbocycles. The Labute approximate surface area is 85.5 Å². The van der Waals surface area contributed by atoms with E-state index in [1.807, 2.05) is 26.9 Å². The summed E-state index contributed by atoms with van der Waals surface area (Å²) in [5.41, 5.74) is 0.866. The van der Waals surface area contributed by atoms with E-state index in [-0.39, 0.29) is 5.91 Å². The lowest BCUT2D eigenvalue weighted by Gasteiger charge is -2.21. The van der Waals surface area contributed by atoms with E-state index in [4.69, 9.17) is 11.1 Å². The summed E-state index contributed by atoms with van der Waals surface area (Å²) in [6, 6.07) is 0. The van der Waals surface area contributed by atoms with Crippen LogP contribution in [0.5, 0.6) is 0 Å². The molecule has 0 aliphatic rings. The molecule has 0 unspecified atom stereocenters. The summed E-state index contributed by atoms with van der Waals surface area (Å²) in [4.78, 5) is 11.1. The van der Waals surface area contributed by atoms with Gasteiger partial charge >= 0.3 is 0 Å². The maximum absolute atomic E-state index is 11.1. The molecule has 76 valence electrons. The van der Waals surface area contributed by atoms with E-state index in [9.17, 15) is 4.79 Å². The Morgan fingerprint density at radius 2 is 1.85 bits per heavy atom. The highest BCUT2D eigenvalue weighted by molar-refractivity contribution is 7.19. The van der Waals surface area contributed by atoms with Gasteiger partial charge in [0.05, 0.1) is 6.17 Å². The number of carbonyl (C=O) groups is 1. The lowest BCUT2D eigenvalue weighted by molar-refractivity contribution is -0.128. The van der Waals surface area contributed by atoms with Gasteiger partial charge in [-0.25, -0.2) is 5.01 Å². The van der Waals surface area contributed by atoms with Gasteiger partial charge in [-0.3, -0.25) is 4.79 Å². The normalized spacial score (nSPS) is 10.9. The van der Waals surface area contributed by atoms with Crippen LogP contribution in [0.2, 0.25) is 13.1 Å². The molecule has 0 bridgehead atoms. The topological polar surface area (TPSA) is 32.7 Å². The van der Waals surface area contributed by atoms with Gasteiger partial charge in [-0.05, 0) is 13.8 Å². The van der Waals surface area contributed by atoms with E-state index in [1.54, 1.807) is 0 Å². The Bertz CT molecular complexity index is 219. The van der Waals surface area contributed by atoms with E-state index in [2.05, 4.69) is 5.10 Å². The molecule has 0 fully saturated rings. The molecule has 5 heteroatoms. The Morgan fingerprint density at radius 1 is 1.38 bits per heavy atom. The second kappa shape index (κ2) is 4.76. The highest BCUT2D eigenvalue weighted by atomic mass is 35.6. The van der Waals surface area contributed by atoms with Crippen LogP contribution in [0.1, 0.15) is 20.8 Å². The Kier molecular flexibility index (Phi) is 4.63. The minimum absolute atomic E-state index is 0.0533. The van der Waals surface area contributed by atoms with E-state index in [0.717, 1.165) is 5.71 Å². The van der Waals surface area contributed by atoms with Crippen LogP contribution in [0.25, 0.3) is 0 Å². The van der Waals surface area contributed by atoms with Gasteiger partial charge in [-0.1, -0.05) is 13.1 Å². The van der Waals surface area contributed by atoms with E-state index < -0.39 is 7.38 Å². The van der Waals surface area contributed by atoms with E-state index >= 15 is 0 Å². The van der Waals surface area contributed by atoms with Crippen LogP contribution in [-0.4, -0.2) is 30.2 Å². The molecule has 0 aromatic heterocycles. The second-order valence-electron chi connectivity index (χ2n) is 3.84. The fourth-order valence-electron chi connectivity index (χ4n) is 0.815. The zero-order valence-corrected chi connectivity index (χ0v) is 10.6. The Balaban J connectivity index is 4.46. The number of nitrogens with zero attached hydrogens (tertiary/aromatic N) is 2. The van der Waals surface area contributed by atoms with Crippen LogP contribution < -0.4 is 0 Å². The van der Waals surface area contributed by atoms with Crippen LogP contribution >= 0.6 is 11.1 Å². The zero-order chi connectivity index (χ0) is 10.6. The maximum Gasteiger partial charge on any atom is 0.239 e. The smallest absolute Gasteiger partial charge is 0.239 e. The fourth-order valence-corrected chi connectivity index (χ4v) is 2.16. The molecule has 0 aromatic rings. The van der Waals surface area contributed by atoms with E-state index in [1.165, 1.54) is 11.9 Å². The number of hydrazone groups is 1. The molecule has 0 atom stereocenters. The lowest BCUT2D eigenvalue weighted by atomic mass is 10.5. The zero-order valence-electron chi connectivity index (χ0n) is 8.89. The van der Waals surface area contributed by atoms with Crippen molar-refractivity contribution in [2.24, 2.45) is 5.10 Å². The minimum Gasteiger partial charge on any atom is -0.273 e. The van der Waals surface area contributed by atoms with Crippen molar-refractivity contribution in [2.75, 3.05) is 6.17 Å². The lowest BCUT2D eigenvalue weighted by Crippen LogP contribution is -2.38. The van der Waals surface area contributed by atoms with Crippen molar-refractivity contribution < 1.29 is 4.79 Å². The van der Waals surface area contributed by atoms with Crippen molar-refractivity contribution in [1.29, 1.82) is 0 Å². The standard InChI is InChI=1S/C8H17ClN2OSi/c1-7(2)10-11(8(3)12)6-13(4,5)9/h6H2,1-5H3. The van der Waals surface area contributed by atoms with Crippen molar-refractivity contribution in [3.8, 4) is 0 Å². The van der Waals surface area contributed by atoms with Crippen LogP contribution in [0.15, 0.2) is 5.10 Å². The van der Waals surface area contributed by atoms with Gasteiger partial charge in [0.1, 0.15) is 0 Å². The van der Waals surface area contributed by atoms with Crippen molar-refractivity contribution in [3.63, 3.8) is 0 Å². The van der Waals surface area contributed by atoms with Crippen molar-refractivity contribution in [1.82, 2.24) is 5.01 Å². The fraction of sp³-hybridized carbons (Fsp3) is 0.750. The molecule has 0 rings (SSSR count). The average molecular weight is 221 g/mol. The predicted molar refractivity (Wildman–Crippen MR) is 59.5 cm³/mol. The highest BCUT2D eigenvalue weighted by Crippen LogP contribution is 2.10. The average Bonchev–Trinajstić information content (AvgIpc) is 1.81. The first kappa shape index (κ1) is 12.6. The molecule has 0 radical (unpaired) electrons. The first-order valence-electron chi connectivity index (χ1n) is 4.21. The number of carbonyl (C=O) groups excluding carboxylic acids is 1. The number of amides is 1. The van der Waals surface area contributed by atoms with Gasteiger partial charge in [0, 0.05) is 12.6 Å². The summed E-state index contributed by atoms with van der Waals surface area (Å²) in [5, 5.41) is 5.57. The van der Waals surface area contributed by atoms with Gasteiger partial charge in [0.2, 0.25) is 5.91 Å². The predicted octanol–water partition coefficient (Wildman–Crippen LogP) is 2.21. The molecule has 0 saturated carbocycles. The number of hydrogen-bond acceptors (Lipinski definition) is 2. The van der Waals surface area contributed by atoms with Gasteiger partial charge in [0.15, 0.2) is 7.38 Å². The number of rotatable bonds is 3. The molecule has 1 amide bonds. The molecule has 0 aromatic carbocycles. The SMILES string of the molecule is CC(=O)N(C[Si](C)(C)Cl)N=C(C)C. The third-order valence-corrected chi connectivity index (χ3v) is 2.62. The summed E-state index contributed by atoms with van der Waals surface area (Å²) in [7, 11) is -1.78. The van der Waals surface area contributed by atoms with E-state index in [0.29, 0.717) is 6.17 Å². The summed E-state index contributed by atoms with van der Waals surface area (Å²) in [6.07, 6.45) is 0.565. The molecule has 0 aliphatic heterocycles. The molecular formula is C8H17ClN2OSi. The molecule has 3 nitrogen and oxygen atoms in total. The van der Waals surface area contributed by atoms with Crippen LogP contribution in [0.4, 0.5) is 0 Å². The molecule has 0 saturated heterocycles.